The molecule has 45 heavy (non-hydrogen) atoms. The van der Waals surface area contributed by atoms with Gasteiger partial charge in [0, 0.05) is 28.1 Å². The van der Waals surface area contributed by atoms with Crippen molar-refractivity contribution in [1.82, 2.24) is 4.31 Å². The number of ketones is 1. The average molecular weight is 646 g/mol. The molecule has 1 unspecified atom stereocenters. The number of halogens is 1. The minimum absolute atomic E-state index is 0.0153. The SMILES string of the molecule is COc1cc(C)c(S(=O)(=O)N(Cc2c(C(=O)c3ccc(Cl)cc3)oc3ccccc23)C(Cc2ccccc2)C(=O)O)c(C)c1C. The van der Waals surface area contributed by atoms with E-state index >= 15 is 0 Å². The van der Waals surface area contributed by atoms with Gasteiger partial charge in [0.1, 0.15) is 17.4 Å². The first-order valence-corrected chi connectivity index (χ1v) is 16.0. The van der Waals surface area contributed by atoms with E-state index in [1.165, 1.54) is 7.11 Å². The summed E-state index contributed by atoms with van der Waals surface area (Å²) in [6.07, 6.45) is -0.112. The molecule has 0 aliphatic rings. The Morgan fingerprint density at radius 1 is 0.933 bits per heavy atom. The number of hydrogen-bond acceptors (Lipinski definition) is 6. The van der Waals surface area contributed by atoms with Gasteiger partial charge in [0.05, 0.1) is 12.0 Å². The van der Waals surface area contributed by atoms with Crippen LogP contribution in [0.3, 0.4) is 0 Å². The summed E-state index contributed by atoms with van der Waals surface area (Å²) in [5, 5.41) is 11.5. The molecule has 0 aliphatic heterocycles. The number of sulfonamides is 1. The summed E-state index contributed by atoms with van der Waals surface area (Å²) in [7, 11) is -3.00. The third kappa shape index (κ3) is 6.24. The fourth-order valence-corrected chi connectivity index (χ4v) is 7.75. The van der Waals surface area contributed by atoms with E-state index in [4.69, 9.17) is 20.8 Å². The van der Waals surface area contributed by atoms with E-state index in [1.807, 2.05) is 0 Å². The molecule has 0 saturated heterocycles. The van der Waals surface area contributed by atoms with E-state index in [-0.39, 0.29) is 28.2 Å². The zero-order valence-electron chi connectivity index (χ0n) is 25.2. The fourth-order valence-electron chi connectivity index (χ4n) is 5.59. The lowest BCUT2D eigenvalue weighted by atomic mass is 10.0. The second-order valence-electron chi connectivity index (χ2n) is 10.8. The van der Waals surface area contributed by atoms with Crippen molar-refractivity contribution in [2.24, 2.45) is 0 Å². The van der Waals surface area contributed by atoms with Crippen LogP contribution in [0.5, 0.6) is 5.75 Å². The third-order valence-electron chi connectivity index (χ3n) is 7.99. The Morgan fingerprint density at radius 2 is 1.58 bits per heavy atom. The van der Waals surface area contributed by atoms with Crippen LogP contribution >= 0.6 is 11.6 Å². The standard InChI is InChI=1S/C35H32ClNO7S/c1-21-18-31(43-4)22(2)23(3)34(21)45(41,42)37(29(35(39)40)19-24-10-6-5-7-11-24)20-28-27-12-8-9-13-30(27)44-33(28)32(38)25-14-16-26(36)17-15-25/h5-18,29H,19-20H2,1-4H3,(H,39,40). The number of ether oxygens (including phenoxy) is 1. The second-order valence-corrected chi connectivity index (χ2v) is 13.1. The van der Waals surface area contributed by atoms with Gasteiger partial charge in [-0.05, 0) is 85.8 Å². The number of hydrogen-bond donors (Lipinski definition) is 1. The largest absolute Gasteiger partial charge is 0.496 e. The lowest BCUT2D eigenvalue weighted by Crippen LogP contribution is -2.46. The van der Waals surface area contributed by atoms with Crippen molar-refractivity contribution < 1.29 is 32.3 Å². The van der Waals surface area contributed by atoms with Crippen LogP contribution in [0.15, 0.2) is 94.2 Å². The number of carbonyl (C=O) groups is 2. The van der Waals surface area contributed by atoms with E-state index in [9.17, 15) is 23.1 Å². The maximum atomic E-state index is 14.8. The van der Waals surface area contributed by atoms with Gasteiger partial charge < -0.3 is 14.3 Å². The second kappa shape index (κ2) is 12.9. The smallest absolute Gasteiger partial charge is 0.322 e. The molecule has 0 spiro atoms. The molecule has 0 saturated carbocycles. The first-order chi connectivity index (χ1) is 21.4. The topological polar surface area (TPSA) is 114 Å². The van der Waals surface area contributed by atoms with Crippen LogP contribution in [-0.2, 0) is 27.8 Å². The Hall–Kier alpha value is -4.44. The number of para-hydroxylation sites is 1. The molecule has 8 nitrogen and oxygen atoms in total. The van der Waals surface area contributed by atoms with Gasteiger partial charge in [-0.25, -0.2) is 8.42 Å². The molecule has 232 valence electrons. The van der Waals surface area contributed by atoms with Gasteiger partial charge in [0.2, 0.25) is 15.8 Å². The maximum Gasteiger partial charge on any atom is 0.322 e. The molecule has 5 rings (SSSR count). The molecule has 0 radical (unpaired) electrons. The molecule has 1 atom stereocenters. The average Bonchev–Trinajstić information content (AvgIpc) is 3.39. The number of nitrogens with zero attached hydrogens (tertiary/aromatic N) is 1. The van der Waals surface area contributed by atoms with Gasteiger partial charge >= 0.3 is 5.97 Å². The molecule has 1 heterocycles. The zero-order valence-corrected chi connectivity index (χ0v) is 26.8. The number of aryl methyl sites for hydroxylation is 1. The highest BCUT2D eigenvalue weighted by atomic mass is 35.5. The van der Waals surface area contributed by atoms with E-state index in [2.05, 4.69) is 0 Å². The monoisotopic (exact) mass is 645 g/mol. The Morgan fingerprint density at radius 3 is 2.22 bits per heavy atom. The number of furan rings is 1. The third-order valence-corrected chi connectivity index (χ3v) is 10.4. The number of methoxy groups -OCH3 is 1. The van der Waals surface area contributed by atoms with Crippen molar-refractivity contribution in [2.45, 2.75) is 44.7 Å². The number of carboxylic acids is 1. The first-order valence-electron chi connectivity index (χ1n) is 14.2. The van der Waals surface area contributed by atoms with Crippen molar-refractivity contribution >= 4 is 44.3 Å². The molecular weight excluding hydrogens is 614 g/mol. The van der Waals surface area contributed by atoms with Crippen LogP contribution in [0.2, 0.25) is 5.02 Å². The Bertz CT molecular complexity index is 2000. The van der Waals surface area contributed by atoms with Crippen molar-refractivity contribution in [2.75, 3.05) is 7.11 Å². The zero-order chi connectivity index (χ0) is 32.5. The van der Waals surface area contributed by atoms with Crippen LogP contribution < -0.4 is 4.74 Å². The highest BCUT2D eigenvalue weighted by Crippen LogP contribution is 2.36. The number of fused-ring (bicyclic) bond motifs is 1. The van der Waals surface area contributed by atoms with Crippen LogP contribution in [-0.4, -0.2) is 42.7 Å². The number of carbonyl (C=O) groups excluding carboxylic acids is 1. The minimum atomic E-state index is -4.51. The molecular formula is C35H32ClNO7S. The van der Waals surface area contributed by atoms with Gasteiger partial charge in [0.15, 0.2) is 5.76 Å². The molecule has 5 aromatic rings. The number of rotatable bonds is 11. The molecule has 0 bridgehead atoms. The van der Waals surface area contributed by atoms with Crippen LogP contribution in [0.4, 0.5) is 0 Å². The van der Waals surface area contributed by atoms with Gasteiger partial charge in [-0.2, -0.15) is 4.31 Å². The first kappa shape index (κ1) is 32.0. The predicted molar refractivity (Wildman–Crippen MR) is 173 cm³/mol. The normalized spacial score (nSPS) is 12.4. The molecule has 4 aromatic carbocycles. The van der Waals surface area contributed by atoms with Crippen LogP contribution in [0.25, 0.3) is 11.0 Å². The molecule has 0 aliphatic carbocycles. The van der Waals surface area contributed by atoms with Crippen molar-refractivity contribution in [3.05, 3.63) is 129 Å². The summed E-state index contributed by atoms with van der Waals surface area (Å²) < 4.78 is 42.1. The lowest BCUT2D eigenvalue weighted by molar-refractivity contribution is -0.141. The Kier molecular flexibility index (Phi) is 9.16. The summed E-state index contributed by atoms with van der Waals surface area (Å²) in [5.41, 5.74) is 3.00. The summed E-state index contributed by atoms with van der Waals surface area (Å²) in [6.45, 7) is 4.63. The molecule has 0 fully saturated rings. The van der Waals surface area contributed by atoms with E-state index in [1.54, 1.807) is 106 Å². The number of carboxylic acid groups (broad SMARTS) is 1. The summed E-state index contributed by atoms with van der Waals surface area (Å²) >= 11 is 6.05. The van der Waals surface area contributed by atoms with Gasteiger partial charge in [0.25, 0.3) is 0 Å². The summed E-state index contributed by atoms with van der Waals surface area (Å²) in [5.74, 6) is -1.38. The van der Waals surface area contributed by atoms with Crippen molar-refractivity contribution in [3.8, 4) is 5.75 Å². The van der Waals surface area contributed by atoms with Crippen LogP contribution in [0, 0.1) is 20.8 Å². The quantitative estimate of drug-likeness (QED) is 0.152. The van der Waals surface area contributed by atoms with E-state index < -0.39 is 34.4 Å². The van der Waals surface area contributed by atoms with Gasteiger partial charge in [-0.15, -0.1) is 0 Å². The minimum Gasteiger partial charge on any atom is -0.496 e. The maximum absolute atomic E-state index is 14.8. The van der Waals surface area contributed by atoms with Crippen molar-refractivity contribution in [3.63, 3.8) is 0 Å². The summed E-state index contributed by atoms with van der Waals surface area (Å²) in [4.78, 5) is 26.8. The van der Waals surface area contributed by atoms with Gasteiger partial charge in [-0.3, -0.25) is 9.59 Å². The van der Waals surface area contributed by atoms with Crippen molar-refractivity contribution in [1.29, 1.82) is 0 Å². The highest BCUT2D eigenvalue weighted by Gasteiger charge is 2.40. The van der Waals surface area contributed by atoms with E-state index in [0.717, 1.165) is 4.31 Å². The van der Waals surface area contributed by atoms with Crippen LogP contribution in [0.1, 0.15) is 43.9 Å². The number of benzene rings is 4. The molecule has 1 N–H and O–H groups in total. The lowest BCUT2D eigenvalue weighted by Gasteiger charge is -2.30. The highest BCUT2D eigenvalue weighted by molar-refractivity contribution is 7.89. The van der Waals surface area contributed by atoms with E-state index in [0.29, 0.717) is 44.0 Å². The molecule has 1 aromatic heterocycles. The predicted octanol–water partition coefficient (Wildman–Crippen LogP) is 7.14. The molecule has 0 amide bonds. The van der Waals surface area contributed by atoms with Gasteiger partial charge in [-0.1, -0.05) is 60.1 Å². The summed E-state index contributed by atoms with van der Waals surface area (Å²) in [6, 6.07) is 22.1. The number of aliphatic carboxylic acids is 1. The Balaban J connectivity index is 1.74. The fraction of sp³-hybridized carbons (Fsp3) is 0.200. The molecule has 10 heteroatoms. The Labute approximate surface area is 266 Å².